The summed E-state index contributed by atoms with van der Waals surface area (Å²) >= 11 is 1.17. The maximum absolute atomic E-state index is 13.4. The number of amides is 1. The molecule has 1 saturated carbocycles. The molecule has 1 N–H and O–H groups in total. The van der Waals surface area contributed by atoms with Gasteiger partial charge in [-0.05, 0) is 44.4 Å². The number of nitrogens with zero attached hydrogens (tertiary/aromatic N) is 5. The third-order valence-electron chi connectivity index (χ3n) is 5.69. The molecular weight excluding hydrogens is 391 g/mol. The van der Waals surface area contributed by atoms with Crippen molar-refractivity contribution in [3.8, 4) is 0 Å². The standard InChI is InChI=1S/C20H19FN6OS/c1-10-6-15-16(26-29-25-15)8-14(10)23-19-22-9-13-17(24-19)27(12(3)7-11(2)21)18(28)20(13)4-5-20/h6,8-9,12H,2,4-5,7H2,1,3H3,(H,22,23,24). The summed E-state index contributed by atoms with van der Waals surface area (Å²) in [5.41, 5.74) is 3.77. The first-order valence-electron chi connectivity index (χ1n) is 9.43. The summed E-state index contributed by atoms with van der Waals surface area (Å²) in [6.45, 7) is 7.13. The normalized spacial score (nSPS) is 17.6. The molecule has 1 spiro atoms. The number of rotatable bonds is 5. The SMILES string of the molecule is C=C(F)CC(C)N1C(=O)C2(CC2)c2cnc(Nc3cc4nsnc4cc3C)nc21. The largest absolute Gasteiger partial charge is 0.324 e. The first-order chi connectivity index (χ1) is 13.9. The van der Waals surface area contributed by atoms with E-state index in [2.05, 4.69) is 30.6 Å². The van der Waals surface area contributed by atoms with Gasteiger partial charge in [0.05, 0.1) is 23.0 Å². The number of halogens is 1. The number of anilines is 3. The van der Waals surface area contributed by atoms with Gasteiger partial charge in [-0.1, -0.05) is 6.58 Å². The second-order valence-corrected chi connectivity index (χ2v) is 8.33. The predicted octanol–water partition coefficient (Wildman–Crippen LogP) is 4.17. The molecule has 1 aliphatic heterocycles. The van der Waals surface area contributed by atoms with Crippen LogP contribution in [0.4, 0.5) is 21.8 Å². The van der Waals surface area contributed by atoms with Crippen LogP contribution in [0.25, 0.3) is 11.0 Å². The molecular formula is C20H19FN6OS. The van der Waals surface area contributed by atoms with Gasteiger partial charge < -0.3 is 5.32 Å². The number of carbonyl (C=O) groups is 1. The number of benzene rings is 1. The lowest BCUT2D eigenvalue weighted by Gasteiger charge is -2.24. The van der Waals surface area contributed by atoms with Crippen molar-refractivity contribution in [1.29, 1.82) is 0 Å². The van der Waals surface area contributed by atoms with Crippen LogP contribution in [-0.4, -0.2) is 30.7 Å². The van der Waals surface area contributed by atoms with Crippen LogP contribution >= 0.6 is 11.7 Å². The van der Waals surface area contributed by atoms with Crippen molar-refractivity contribution in [2.75, 3.05) is 10.2 Å². The third kappa shape index (κ3) is 2.79. The zero-order valence-corrected chi connectivity index (χ0v) is 16.9. The first kappa shape index (κ1) is 18.1. The smallest absolute Gasteiger partial charge is 0.239 e. The molecule has 1 unspecified atom stereocenters. The van der Waals surface area contributed by atoms with Crippen LogP contribution < -0.4 is 10.2 Å². The Balaban J connectivity index is 1.52. The minimum atomic E-state index is -0.527. The number of fused-ring (bicyclic) bond motifs is 3. The van der Waals surface area contributed by atoms with Crippen molar-refractivity contribution in [3.05, 3.63) is 41.9 Å². The highest BCUT2D eigenvalue weighted by Crippen LogP contribution is 2.57. The highest BCUT2D eigenvalue weighted by Gasteiger charge is 2.61. The molecule has 2 aliphatic rings. The van der Waals surface area contributed by atoms with E-state index in [-0.39, 0.29) is 18.4 Å². The summed E-state index contributed by atoms with van der Waals surface area (Å²) in [6.07, 6.45) is 3.37. The van der Waals surface area contributed by atoms with Crippen LogP contribution in [0, 0.1) is 6.92 Å². The van der Waals surface area contributed by atoms with E-state index >= 15 is 0 Å². The van der Waals surface area contributed by atoms with Crippen molar-refractivity contribution in [1.82, 2.24) is 18.7 Å². The summed E-state index contributed by atoms with van der Waals surface area (Å²) in [4.78, 5) is 23.8. The lowest BCUT2D eigenvalue weighted by molar-refractivity contribution is -0.120. The van der Waals surface area contributed by atoms with E-state index in [1.54, 1.807) is 11.1 Å². The van der Waals surface area contributed by atoms with Gasteiger partial charge in [0.15, 0.2) is 0 Å². The number of hydrogen-bond acceptors (Lipinski definition) is 7. The highest BCUT2D eigenvalue weighted by molar-refractivity contribution is 7.00. The van der Waals surface area contributed by atoms with Gasteiger partial charge in [-0.25, -0.2) is 9.37 Å². The van der Waals surface area contributed by atoms with Gasteiger partial charge in [0, 0.05) is 29.9 Å². The summed E-state index contributed by atoms with van der Waals surface area (Å²) < 4.78 is 22.0. The molecule has 0 saturated heterocycles. The molecule has 5 rings (SSSR count). The van der Waals surface area contributed by atoms with E-state index in [1.165, 1.54) is 11.7 Å². The van der Waals surface area contributed by atoms with Crippen LogP contribution in [0.5, 0.6) is 0 Å². The van der Waals surface area contributed by atoms with E-state index in [0.29, 0.717) is 11.8 Å². The Kier molecular flexibility index (Phi) is 3.92. The minimum absolute atomic E-state index is 0.0150. The maximum atomic E-state index is 13.4. The molecule has 2 aromatic heterocycles. The lowest BCUT2D eigenvalue weighted by atomic mass is 10.0. The molecule has 3 heterocycles. The van der Waals surface area contributed by atoms with Gasteiger partial charge in [0.2, 0.25) is 11.9 Å². The van der Waals surface area contributed by atoms with Crippen molar-refractivity contribution in [2.45, 2.75) is 44.6 Å². The predicted molar refractivity (Wildman–Crippen MR) is 110 cm³/mol. The number of nitrogens with one attached hydrogen (secondary N) is 1. The number of carbonyl (C=O) groups excluding carboxylic acids is 1. The quantitative estimate of drug-likeness (QED) is 0.680. The summed E-state index contributed by atoms with van der Waals surface area (Å²) in [6, 6.07) is 3.50. The van der Waals surface area contributed by atoms with Crippen molar-refractivity contribution in [2.24, 2.45) is 0 Å². The van der Waals surface area contributed by atoms with Crippen LogP contribution in [0.2, 0.25) is 0 Å². The van der Waals surface area contributed by atoms with Gasteiger partial charge in [-0.3, -0.25) is 9.69 Å². The highest BCUT2D eigenvalue weighted by atomic mass is 32.1. The van der Waals surface area contributed by atoms with Crippen molar-refractivity contribution in [3.63, 3.8) is 0 Å². The Labute approximate surface area is 171 Å². The fourth-order valence-electron chi connectivity index (χ4n) is 4.02. The Hall–Kier alpha value is -2.94. The molecule has 1 atom stereocenters. The molecule has 1 amide bonds. The fourth-order valence-corrected chi connectivity index (χ4v) is 4.53. The van der Waals surface area contributed by atoms with Gasteiger partial charge in [0.25, 0.3) is 0 Å². The molecule has 29 heavy (non-hydrogen) atoms. The average Bonchev–Trinajstić information content (AvgIpc) is 3.28. The monoisotopic (exact) mass is 410 g/mol. The Morgan fingerprint density at radius 3 is 2.79 bits per heavy atom. The Morgan fingerprint density at radius 2 is 2.10 bits per heavy atom. The number of aromatic nitrogens is 4. The summed E-state index contributed by atoms with van der Waals surface area (Å²) in [5, 5.41) is 3.23. The summed E-state index contributed by atoms with van der Waals surface area (Å²) in [5.74, 6) is 0.486. The lowest BCUT2D eigenvalue weighted by Crippen LogP contribution is -2.39. The van der Waals surface area contributed by atoms with Gasteiger partial charge in [-0.2, -0.15) is 13.7 Å². The molecule has 0 bridgehead atoms. The zero-order valence-electron chi connectivity index (χ0n) is 16.1. The fraction of sp³-hybridized carbons (Fsp3) is 0.350. The van der Waals surface area contributed by atoms with E-state index in [1.807, 2.05) is 26.0 Å². The molecule has 1 fully saturated rings. The summed E-state index contributed by atoms with van der Waals surface area (Å²) in [7, 11) is 0. The zero-order chi connectivity index (χ0) is 20.3. The van der Waals surface area contributed by atoms with E-state index in [9.17, 15) is 9.18 Å². The molecule has 1 aliphatic carbocycles. The molecule has 1 aromatic carbocycles. The average molecular weight is 410 g/mol. The molecule has 148 valence electrons. The Bertz CT molecular complexity index is 1170. The topological polar surface area (TPSA) is 83.9 Å². The van der Waals surface area contributed by atoms with Crippen LogP contribution in [0.1, 0.15) is 37.3 Å². The van der Waals surface area contributed by atoms with Crippen LogP contribution in [-0.2, 0) is 10.2 Å². The second-order valence-electron chi connectivity index (χ2n) is 7.80. The van der Waals surface area contributed by atoms with Gasteiger partial charge in [0.1, 0.15) is 16.9 Å². The third-order valence-corrected chi connectivity index (χ3v) is 6.25. The first-order valence-corrected chi connectivity index (χ1v) is 10.2. The second kappa shape index (κ2) is 6.28. The van der Waals surface area contributed by atoms with E-state index in [0.717, 1.165) is 40.7 Å². The molecule has 3 aromatic rings. The van der Waals surface area contributed by atoms with Crippen molar-refractivity contribution >= 4 is 46.1 Å². The van der Waals surface area contributed by atoms with Crippen molar-refractivity contribution < 1.29 is 9.18 Å². The van der Waals surface area contributed by atoms with E-state index < -0.39 is 11.2 Å². The Morgan fingerprint density at radius 1 is 1.38 bits per heavy atom. The molecule has 9 heteroatoms. The number of hydrogen-bond donors (Lipinski definition) is 1. The number of aryl methyl sites for hydroxylation is 1. The van der Waals surface area contributed by atoms with Gasteiger partial charge in [-0.15, -0.1) is 0 Å². The minimum Gasteiger partial charge on any atom is -0.324 e. The maximum Gasteiger partial charge on any atom is 0.239 e. The molecule has 7 nitrogen and oxygen atoms in total. The van der Waals surface area contributed by atoms with Crippen LogP contribution in [0.3, 0.4) is 0 Å². The van der Waals surface area contributed by atoms with E-state index in [4.69, 9.17) is 0 Å². The van der Waals surface area contributed by atoms with Gasteiger partial charge >= 0.3 is 0 Å². The molecule has 0 radical (unpaired) electrons. The van der Waals surface area contributed by atoms with Crippen LogP contribution in [0.15, 0.2) is 30.7 Å².